The van der Waals surface area contributed by atoms with Crippen LogP contribution in [0.4, 0.5) is 0 Å². The van der Waals surface area contributed by atoms with Crippen LogP contribution in [0.1, 0.15) is 46.4 Å². The predicted octanol–water partition coefficient (Wildman–Crippen LogP) is 3.80. The Bertz CT molecular complexity index is 651. The Morgan fingerprint density at radius 2 is 1.50 bits per heavy atom. The maximum absolute atomic E-state index is 11.4. The van der Waals surface area contributed by atoms with Gasteiger partial charge in [0.25, 0.3) is 0 Å². The minimum absolute atomic E-state index is 0.262. The van der Waals surface area contributed by atoms with Crippen molar-refractivity contribution in [3.05, 3.63) is 71.3 Å². The maximum Gasteiger partial charge on any atom is 0.103 e. The molecule has 2 aromatic carbocycles. The zero-order valence-corrected chi connectivity index (χ0v) is 10.3. The van der Waals surface area contributed by atoms with Crippen molar-refractivity contribution in [2.24, 2.45) is 0 Å². The molecule has 0 unspecified atom stereocenters. The van der Waals surface area contributed by atoms with Crippen LogP contribution in [0.25, 0.3) is 0 Å². The summed E-state index contributed by atoms with van der Waals surface area (Å²) in [5.41, 5.74) is 0.909. The van der Waals surface area contributed by atoms with Gasteiger partial charge < -0.3 is 5.11 Å². The van der Waals surface area contributed by atoms with E-state index in [0.29, 0.717) is 5.56 Å². The van der Waals surface area contributed by atoms with Crippen LogP contribution in [0.3, 0.4) is 0 Å². The van der Waals surface area contributed by atoms with Crippen molar-refractivity contribution < 1.29 is 9.22 Å². The molecule has 1 N–H and O–H groups in total. The van der Waals surface area contributed by atoms with Crippen molar-refractivity contribution >= 4 is 0 Å². The van der Waals surface area contributed by atoms with E-state index in [1.54, 1.807) is 12.1 Å². The summed E-state index contributed by atoms with van der Waals surface area (Å²) in [6.45, 7) is -0.358. The summed E-state index contributed by atoms with van der Waals surface area (Å²) in [4.78, 5) is 0. The first-order chi connectivity index (χ1) is 9.87. The quantitative estimate of drug-likeness (QED) is 0.805. The van der Waals surface area contributed by atoms with Gasteiger partial charge in [-0.15, -0.1) is 0 Å². The van der Waals surface area contributed by atoms with E-state index in [1.807, 2.05) is 49.4 Å². The number of hydrogen-bond acceptors (Lipinski definition) is 1. The molecule has 0 saturated carbocycles. The van der Waals surface area contributed by atoms with Crippen molar-refractivity contribution in [2.45, 2.75) is 31.2 Å². The molecule has 0 bridgehead atoms. The molecule has 0 heterocycles. The number of rotatable bonds is 1. The number of fused-ring (bicyclic) bond motifs is 1. The lowest BCUT2D eigenvalue weighted by atomic mass is 9.78. The number of hydrogen-bond donors (Lipinski definition) is 1. The van der Waals surface area contributed by atoms with Crippen LogP contribution in [0, 0.1) is 0 Å². The Labute approximate surface area is 112 Å². The van der Waals surface area contributed by atoms with Gasteiger partial charge in [-0.05, 0) is 16.7 Å². The SMILES string of the molecule is [2H]C([2H])([2H])[C@H]1c2ccccc2[C@@H](C)[C@]1(O)c1ccccc1. The van der Waals surface area contributed by atoms with Crippen LogP contribution in [0.2, 0.25) is 0 Å². The largest absolute Gasteiger partial charge is 0.384 e. The summed E-state index contributed by atoms with van der Waals surface area (Å²) in [6.07, 6.45) is 0. The second-order valence-electron chi connectivity index (χ2n) is 4.97. The van der Waals surface area contributed by atoms with Crippen molar-refractivity contribution in [1.29, 1.82) is 0 Å². The van der Waals surface area contributed by atoms with E-state index in [2.05, 4.69) is 0 Å². The van der Waals surface area contributed by atoms with Gasteiger partial charge in [-0.25, -0.2) is 0 Å². The molecule has 3 rings (SSSR count). The van der Waals surface area contributed by atoms with Crippen molar-refractivity contribution in [3.8, 4) is 0 Å². The first-order valence-corrected chi connectivity index (χ1v) is 6.23. The minimum atomic E-state index is -2.26. The van der Waals surface area contributed by atoms with Crippen LogP contribution in [-0.2, 0) is 5.60 Å². The fraction of sp³-hybridized carbons (Fsp3) is 0.294. The topological polar surface area (TPSA) is 20.2 Å². The fourth-order valence-corrected chi connectivity index (χ4v) is 3.01. The molecule has 0 amide bonds. The highest BCUT2D eigenvalue weighted by molar-refractivity contribution is 5.46. The van der Waals surface area contributed by atoms with Crippen molar-refractivity contribution in [3.63, 3.8) is 0 Å². The van der Waals surface area contributed by atoms with Gasteiger partial charge in [0.15, 0.2) is 0 Å². The fourth-order valence-electron chi connectivity index (χ4n) is 3.01. The Morgan fingerprint density at radius 1 is 0.944 bits per heavy atom. The smallest absolute Gasteiger partial charge is 0.103 e. The van der Waals surface area contributed by atoms with E-state index in [-0.39, 0.29) is 5.92 Å². The highest BCUT2D eigenvalue weighted by Gasteiger charge is 2.48. The van der Waals surface area contributed by atoms with E-state index in [4.69, 9.17) is 4.11 Å². The molecule has 1 aliphatic carbocycles. The van der Waals surface area contributed by atoms with E-state index in [0.717, 1.165) is 11.1 Å². The Kier molecular flexibility index (Phi) is 1.87. The van der Waals surface area contributed by atoms with Gasteiger partial charge in [-0.2, -0.15) is 0 Å². The standard InChI is InChI=1S/C17H18O/c1-12-15-10-6-7-11-16(15)13(2)17(12,18)14-8-4-3-5-9-14/h3-13,18H,1-2H3/t12-,13+,17-/i1D3/m0/s1. The summed E-state index contributed by atoms with van der Waals surface area (Å²) >= 11 is 0. The molecule has 3 atom stereocenters. The second-order valence-corrected chi connectivity index (χ2v) is 4.97. The van der Waals surface area contributed by atoms with E-state index >= 15 is 0 Å². The average molecular weight is 241 g/mol. The second kappa shape index (κ2) is 3.96. The van der Waals surface area contributed by atoms with Gasteiger partial charge >= 0.3 is 0 Å². The van der Waals surface area contributed by atoms with Crippen LogP contribution < -0.4 is 0 Å². The van der Waals surface area contributed by atoms with E-state index in [1.165, 1.54) is 0 Å². The van der Waals surface area contributed by atoms with Gasteiger partial charge in [0.1, 0.15) is 5.60 Å². The lowest BCUT2D eigenvalue weighted by molar-refractivity contribution is 0.00304. The summed E-state index contributed by atoms with van der Waals surface area (Å²) in [5.74, 6) is -1.17. The van der Waals surface area contributed by atoms with Crippen LogP contribution in [0.15, 0.2) is 54.6 Å². The van der Waals surface area contributed by atoms with E-state index < -0.39 is 18.4 Å². The molecule has 1 heteroatoms. The highest BCUT2D eigenvalue weighted by Crippen LogP contribution is 2.54. The summed E-state index contributed by atoms with van der Waals surface area (Å²) in [5, 5.41) is 11.4. The van der Waals surface area contributed by atoms with Gasteiger partial charge in [-0.1, -0.05) is 68.4 Å². The number of aliphatic hydroxyl groups is 1. The lowest BCUT2D eigenvalue weighted by Crippen LogP contribution is -2.32. The Balaban J connectivity index is 2.25. The van der Waals surface area contributed by atoms with Gasteiger partial charge in [0.05, 0.1) is 0 Å². The molecule has 92 valence electrons. The van der Waals surface area contributed by atoms with Gasteiger partial charge in [-0.3, -0.25) is 0 Å². The molecule has 0 saturated heterocycles. The first-order valence-electron chi connectivity index (χ1n) is 7.73. The highest BCUT2D eigenvalue weighted by atomic mass is 16.3. The molecule has 0 fully saturated rings. The molecule has 1 nitrogen and oxygen atoms in total. The molecular weight excluding hydrogens is 220 g/mol. The van der Waals surface area contributed by atoms with Gasteiger partial charge in [0.2, 0.25) is 0 Å². The first kappa shape index (κ1) is 8.49. The van der Waals surface area contributed by atoms with Crippen LogP contribution in [0.5, 0.6) is 0 Å². The summed E-state index contributed by atoms with van der Waals surface area (Å²) < 4.78 is 23.8. The molecule has 2 aromatic rings. The van der Waals surface area contributed by atoms with Crippen LogP contribution in [-0.4, -0.2) is 5.11 Å². The van der Waals surface area contributed by atoms with E-state index in [9.17, 15) is 5.11 Å². The van der Waals surface area contributed by atoms with Crippen molar-refractivity contribution in [1.82, 2.24) is 0 Å². The zero-order chi connectivity index (χ0) is 15.3. The molecule has 0 aliphatic heterocycles. The van der Waals surface area contributed by atoms with Crippen LogP contribution >= 0.6 is 0 Å². The molecular formula is C17H18O. The Hall–Kier alpha value is -1.60. The third-order valence-electron chi connectivity index (χ3n) is 4.11. The lowest BCUT2D eigenvalue weighted by Gasteiger charge is -2.33. The predicted molar refractivity (Wildman–Crippen MR) is 73.6 cm³/mol. The molecule has 0 aromatic heterocycles. The normalized spacial score (nSPS) is 33.3. The third kappa shape index (κ3) is 1.37. The molecule has 1 aliphatic rings. The third-order valence-corrected chi connectivity index (χ3v) is 4.11. The summed E-state index contributed by atoms with van der Waals surface area (Å²) in [6, 6.07) is 16.6. The summed E-state index contributed by atoms with van der Waals surface area (Å²) in [7, 11) is 0. The van der Waals surface area contributed by atoms with Crippen molar-refractivity contribution in [2.75, 3.05) is 0 Å². The monoisotopic (exact) mass is 241 g/mol. The molecule has 0 spiro atoms. The zero-order valence-electron chi connectivity index (χ0n) is 13.3. The average Bonchev–Trinajstić information content (AvgIpc) is 2.70. The van der Waals surface area contributed by atoms with Gasteiger partial charge in [0, 0.05) is 15.9 Å². The number of benzene rings is 2. The maximum atomic E-state index is 11.4. The molecule has 18 heavy (non-hydrogen) atoms. The molecule has 0 radical (unpaired) electrons. The minimum Gasteiger partial charge on any atom is -0.384 e. The Morgan fingerprint density at radius 3 is 2.11 bits per heavy atom.